The molecule has 0 spiro atoms. The van der Waals surface area contributed by atoms with Crippen LogP contribution in [0.15, 0.2) is 24.3 Å². The van der Waals surface area contributed by atoms with Crippen LogP contribution in [0.1, 0.15) is 25.7 Å². The minimum Gasteiger partial charge on any atom is -0.480 e. The Morgan fingerprint density at radius 3 is 2.78 bits per heavy atom. The van der Waals surface area contributed by atoms with E-state index >= 15 is 0 Å². The summed E-state index contributed by atoms with van der Waals surface area (Å²) in [5.41, 5.74) is 0.561. The average molecular weight is 318 g/mol. The Balaban J connectivity index is 1.59. The summed E-state index contributed by atoms with van der Waals surface area (Å²) in [4.78, 5) is 35.2. The predicted molar refractivity (Wildman–Crippen MR) is 81.0 cm³/mol. The number of nitrogens with one attached hydrogen (secondary N) is 2. The molecule has 0 bridgehead atoms. The Kier molecular flexibility index (Phi) is 4.18. The Labute approximate surface area is 133 Å². The van der Waals surface area contributed by atoms with Crippen LogP contribution in [-0.4, -0.2) is 35.0 Å². The van der Waals surface area contributed by atoms with Crippen LogP contribution >= 0.6 is 0 Å². The second-order valence-electron chi connectivity index (χ2n) is 5.93. The molecule has 1 fully saturated rings. The van der Waals surface area contributed by atoms with Crippen LogP contribution in [0.5, 0.6) is 5.75 Å². The molecule has 2 atom stereocenters. The van der Waals surface area contributed by atoms with Gasteiger partial charge in [0.1, 0.15) is 11.8 Å². The first-order chi connectivity index (χ1) is 11.0. The first-order valence-electron chi connectivity index (χ1n) is 7.61. The minimum absolute atomic E-state index is 0.214. The molecule has 1 aromatic carbocycles. The van der Waals surface area contributed by atoms with Crippen LogP contribution in [-0.2, 0) is 14.4 Å². The molecule has 3 N–H and O–H groups in total. The molecule has 1 aliphatic carbocycles. The number of rotatable bonds is 6. The van der Waals surface area contributed by atoms with Gasteiger partial charge < -0.3 is 20.5 Å². The molecular formula is C16H18N2O5. The zero-order chi connectivity index (χ0) is 16.4. The molecule has 0 saturated heterocycles. The van der Waals surface area contributed by atoms with Crippen molar-refractivity contribution in [2.45, 2.75) is 37.8 Å². The van der Waals surface area contributed by atoms with E-state index in [1.807, 2.05) is 0 Å². The normalized spacial score (nSPS) is 20.7. The minimum atomic E-state index is -1.05. The molecular weight excluding hydrogens is 300 g/mol. The SMILES string of the molecule is O=C(CC1Oc2ccccc2NC1=O)NC(CC1CC1)C(=O)O. The number of hydrogen-bond acceptors (Lipinski definition) is 4. The third-order valence-electron chi connectivity index (χ3n) is 3.98. The largest absolute Gasteiger partial charge is 0.480 e. The number of aliphatic carboxylic acids is 1. The van der Waals surface area contributed by atoms with Gasteiger partial charge in [0.15, 0.2) is 6.10 Å². The molecule has 2 amide bonds. The van der Waals surface area contributed by atoms with E-state index in [9.17, 15) is 14.4 Å². The molecule has 0 aromatic heterocycles. The molecule has 3 rings (SSSR count). The van der Waals surface area contributed by atoms with E-state index < -0.39 is 29.9 Å². The highest BCUT2D eigenvalue weighted by atomic mass is 16.5. The fraction of sp³-hybridized carbons (Fsp3) is 0.438. The number of anilines is 1. The highest BCUT2D eigenvalue weighted by Gasteiger charge is 2.33. The van der Waals surface area contributed by atoms with Crippen LogP contribution in [0.2, 0.25) is 0 Å². The molecule has 2 aliphatic rings. The summed E-state index contributed by atoms with van der Waals surface area (Å²) in [5.74, 6) is -1.09. The molecule has 1 aromatic rings. The zero-order valence-electron chi connectivity index (χ0n) is 12.5. The molecule has 23 heavy (non-hydrogen) atoms. The van der Waals surface area contributed by atoms with E-state index in [0.717, 1.165) is 12.8 Å². The van der Waals surface area contributed by atoms with E-state index in [-0.39, 0.29) is 6.42 Å². The third-order valence-corrected chi connectivity index (χ3v) is 3.98. The fourth-order valence-corrected chi connectivity index (χ4v) is 2.56. The van der Waals surface area contributed by atoms with Crippen LogP contribution in [0, 0.1) is 5.92 Å². The molecule has 1 saturated carbocycles. The van der Waals surface area contributed by atoms with Crippen molar-refractivity contribution < 1.29 is 24.2 Å². The summed E-state index contributed by atoms with van der Waals surface area (Å²) in [6.07, 6.45) is 1.27. The number of fused-ring (bicyclic) bond motifs is 1. The van der Waals surface area contributed by atoms with Crippen LogP contribution in [0.3, 0.4) is 0 Å². The van der Waals surface area contributed by atoms with Gasteiger partial charge >= 0.3 is 5.97 Å². The molecule has 7 nitrogen and oxygen atoms in total. The predicted octanol–water partition coefficient (Wildman–Crippen LogP) is 1.15. The van der Waals surface area contributed by atoms with Gasteiger partial charge in [0.05, 0.1) is 12.1 Å². The van der Waals surface area contributed by atoms with Crippen molar-refractivity contribution in [1.29, 1.82) is 0 Å². The van der Waals surface area contributed by atoms with Gasteiger partial charge in [-0.2, -0.15) is 0 Å². The molecule has 1 heterocycles. The maximum atomic E-state index is 12.1. The van der Waals surface area contributed by atoms with E-state index in [2.05, 4.69) is 10.6 Å². The Bertz CT molecular complexity index is 641. The van der Waals surface area contributed by atoms with Crippen molar-refractivity contribution in [3.8, 4) is 5.75 Å². The maximum absolute atomic E-state index is 12.1. The van der Waals surface area contributed by atoms with Crippen molar-refractivity contribution in [3.05, 3.63) is 24.3 Å². The van der Waals surface area contributed by atoms with Crippen LogP contribution < -0.4 is 15.4 Å². The number of carboxylic acid groups (broad SMARTS) is 1. The summed E-state index contributed by atoms with van der Waals surface area (Å²) in [7, 11) is 0. The fourth-order valence-electron chi connectivity index (χ4n) is 2.56. The van der Waals surface area contributed by atoms with Gasteiger partial charge in [-0.05, 0) is 24.5 Å². The summed E-state index contributed by atoms with van der Waals surface area (Å²) in [6.45, 7) is 0. The number of carbonyl (C=O) groups excluding carboxylic acids is 2. The van der Waals surface area contributed by atoms with Gasteiger partial charge in [0, 0.05) is 0 Å². The number of para-hydroxylation sites is 2. The Morgan fingerprint density at radius 2 is 2.09 bits per heavy atom. The lowest BCUT2D eigenvalue weighted by molar-refractivity contribution is -0.142. The van der Waals surface area contributed by atoms with Gasteiger partial charge in [-0.3, -0.25) is 9.59 Å². The molecule has 122 valence electrons. The van der Waals surface area contributed by atoms with E-state index in [1.165, 1.54) is 0 Å². The molecule has 7 heteroatoms. The topological polar surface area (TPSA) is 105 Å². The number of carboxylic acids is 1. The summed E-state index contributed by atoms with van der Waals surface area (Å²) < 4.78 is 5.53. The van der Waals surface area contributed by atoms with Gasteiger partial charge in [0.25, 0.3) is 5.91 Å². The number of amides is 2. The first kappa shape index (κ1) is 15.3. The van der Waals surface area contributed by atoms with Gasteiger partial charge in [-0.1, -0.05) is 25.0 Å². The van der Waals surface area contributed by atoms with Gasteiger partial charge in [-0.15, -0.1) is 0 Å². The monoisotopic (exact) mass is 318 g/mol. The first-order valence-corrected chi connectivity index (χ1v) is 7.61. The lowest BCUT2D eigenvalue weighted by Crippen LogP contribution is -2.45. The van der Waals surface area contributed by atoms with E-state index in [0.29, 0.717) is 23.8 Å². The van der Waals surface area contributed by atoms with Crippen LogP contribution in [0.25, 0.3) is 0 Å². The second-order valence-corrected chi connectivity index (χ2v) is 5.93. The maximum Gasteiger partial charge on any atom is 0.326 e. The van der Waals surface area contributed by atoms with Crippen molar-refractivity contribution in [1.82, 2.24) is 5.32 Å². The lowest BCUT2D eigenvalue weighted by atomic mass is 10.1. The van der Waals surface area contributed by atoms with Crippen molar-refractivity contribution in [2.75, 3.05) is 5.32 Å². The van der Waals surface area contributed by atoms with E-state index in [1.54, 1.807) is 24.3 Å². The number of benzene rings is 1. The Hall–Kier alpha value is -2.57. The molecule has 2 unspecified atom stereocenters. The van der Waals surface area contributed by atoms with Crippen molar-refractivity contribution in [2.24, 2.45) is 5.92 Å². The zero-order valence-corrected chi connectivity index (χ0v) is 12.5. The summed E-state index contributed by atoms with van der Waals surface area (Å²) in [6, 6.07) is 6.04. The van der Waals surface area contributed by atoms with Gasteiger partial charge in [-0.25, -0.2) is 4.79 Å². The molecule has 0 radical (unpaired) electrons. The van der Waals surface area contributed by atoms with Gasteiger partial charge in [0.2, 0.25) is 5.91 Å². The standard InChI is InChI=1S/C16H18N2O5/c19-14(17-11(16(21)22)7-9-5-6-9)8-13-15(20)18-10-3-1-2-4-12(10)23-13/h1-4,9,11,13H,5-8H2,(H,17,19)(H,18,20)(H,21,22). The third kappa shape index (κ3) is 3.80. The van der Waals surface area contributed by atoms with Crippen LogP contribution in [0.4, 0.5) is 5.69 Å². The molecule has 1 aliphatic heterocycles. The Morgan fingerprint density at radius 1 is 1.35 bits per heavy atom. The number of carbonyl (C=O) groups is 3. The quantitative estimate of drug-likeness (QED) is 0.729. The summed E-state index contributed by atoms with van der Waals surface area (Å²) >= 11 is 0. The van der Waals surface area contributed by atoms with E-state index in [4.69, 9.17) is 9.84 Å². The number of ether oxygens (including phenoxy) is 1. The highest BCUT2D eigenvalue weighted by molar-refractivity contribution is 6.00. The smallest absolute Gasteiger partial charge is 0.326 e. The van der Waals surface area contributed by atoms with Crippen molar-refractivity contribution in [3.63, 3.8) is 0 Å². The summed E-state index contributed by atoms with van der Waals surface area (Å²) in [5, 5.41) is 14.3. The average Bonchev–Trinajstić information content (AvgIpc) is 3.31. The lowest BCUT2D eigenvalue weighted by Gasteiger charge is -2.25. The highest BCUT2D eigenvalue weighted by Crippen LogP contribution is 2.33. The number of hydrogen-bond donors (Lipinski definition) is 3. The second kappa shape index (κ2) is 6.28. The van der Waals surface area contributed by atoms with Crippen molar-refractivity contribution >= 4 is 23.5 Å².